The maximum absolute atomic E-state index is 12.2. The Morgan fingerprint density at radius 3 is 2.28 bits per heavy atom. The van der Waals surface area contributed by atoms with Gasteiger partial charge in [-0.25, -0.2) is 0 Å². The summed E-state index contributed by atoms with van der Waals surface area (Å²) >= 11 is 1.10. The van der Waals surface area contributed by atoms with Gasteiger partial charge in [0.05, 0.1) is 5.44 Å². The molecule has 168 valence electrons. The second kappa shape index (κ2) is 16.0. The molecule has 0 aliphatic heterocycles. The van der Waals surface area contributed by atoms with Crippen LogP contribution in [0, 0.1) is 0 Å². The molecule has 0 fully saturated rings. The second-order valence-corrected chi connectivity index (χ2v) is 7.92. The molecule has 2 amide bonds. The molecule has 0 heterocycles. The largest absolute Gasteiger partial charge is 0.480 e. The summed E-state index contributed by atoms with van der Waals surface area (Å²) in [7, 11) is 0. The van der Waals surface area contributed by atoms with E-state index in [1.54, 1.807) is 0 Å². The minimum atomic E-state index is -1.23. The van der Waals surface area contributed by atoms with Crippen LogP contribution in [0.4, 0.5) is 0 Å². The molecule has 3 unspecified atom stereocenters. The van der Waals surface area contributed by atoms with Crippen LogP contribution in [0.2, 0.25) is 0 Å². The number of hydrogen-bond donors (Lipinski definition) is 6. The maximum atomic E-state index is 12.2. The van der Waals surface area contributed by atoms with Crippen LogP contribution < -0.4 is 16.4 Å². The van der Waals surface area contributed by atoms with Crippen molar-refractivity contribution in [1.29, 1.82) is 0 Å². The highest BCUT2D eigenvalue weighted by molar-refractivity contribution is 7.99. The van der Waals surface area contributed by atoms with Gasteiger partial charge in [0.25, 0.3) is 0 Å². The van der Waals surface area contributed by atoms with Gasteiger partial charge in [0.2, 0.25) is 11.8 Å². The van der Waals surface area contributed by atoms with Crippen molar-refractivity contribution >= 4 is 35.5 Å². The Morgan fingerprint density at radius 2 is 1.69 bits per heavy atom. The first-order chi connectivity index (χ1) is 13.7. The Hall–Kier alpha value is -1.85. The van der Waals surface area contributed by atoms with Crippen molar-refractivity contribution in [2.24, 2.45) is 5.73 Å². The van der Waals surface area contributed by atoms with Crippen LogP contribution >= 0.6 is 11.8 Å². The van der Waals surface area contributed by atoms with Crippen LogP contribution in [-0.2, 0) is 19.2 Å². The van der Waals surface area contributed by atoms with E-state index in [1.807, 2.05) is 0 Å². The average molecular weight is 436 g/mol. The quantitative estimate of drug-likeness (QED) is 0.138. The summed E-state index contributed by atoms with van der Waals surface area (Å²) in [6.07, 6.45) is 5.49. The van der Waals surface area contributed by atoms with Crippen LogP contribution in [0.3, 0.4) is 0 Å². The summed E-state index contributed by atoms with van der Waals surface area (Å²) in [6.45, 7) is 1.52. The number of aliphatic carboxylic acids is 2. The fraction of sp³-hybridized carbons (Fsp3) is 0.778. The second-order valence-electron chi connectivity index (χ2n) is 6.71. The van der Waals surface area contributed by atoms with E-state index in [0.29, 0.717) is 6.42 Å². The third-order valence-corrected chi connectivity index (χ3v) is 5.22. The molecule has 0 radical (unpaired) electrons. The molecule has 0 rings (SSSR count). The number of carbonyl (C=O) groups excluding carboxylic acids is 2. The first-order valence-corrected chi connectivity index (χ1v) is 10.8. The Morgan fingerprint density at radius 1 is 1.03 bits per heavy atom. The number of thioether (sulfide) groups is 1. The molecule has 0 aromatic heterocycles. The van der Waals surface area contributed by atoms with Crippen LogP contribution in [0.5, 0.6) is 0 Å². The fourth-order valence-electron chi connectivity index (χ4n) is 2.36. The third kappa shape index (κ3) is 14.8. The van der Waals surface area contributed by atoms with Crippen molar-refractivity contribution in [3.05, 3.63) is 0 Å². The van der Waals surface area contributed by atoms with Gasteiger partial charge in [0, 0.05) is 12.2 Å². The highest BCUT2D eigenvalue weighted by Gasteiger charge is 2.23. The lowest BCUT2D eigenvalue weighted by Gasteiger charge is -2.20. The molecule has 11 heteroatoms. The number of aliphatic hydroxyl groups excluding tert-OH is 1. The number of carboxylic acids is 2. The summed E-state index contributed by atoms with van der Waals surface area (Å²) in [5.41, 5.74) is 4.65. The van der Waals surface area contributed by atoms with Gasteiger partial charge in [-0.2, -0.15) is 0 Å². The maximum Gasteiger partial charge on any atom is 0.322 e. The van der Waals surface area contributed by atoms with Crippen molar-refractivity contribution in [3.8, 4) is 0 Å². The van der Waals surface area contributed by atoms with E-state index < -0.39 is 47.8 Å². The number of nitrogens with two attached hydrogens (primary N) is 1. The summed E-state index contributed by atoms with van der Waals surface area (Å²) < 4.78 is 0. The van der Waals surface area contributed by atoms with Gasteiger partial charge in [-0.15, -0.1) is 11.8 Å². The Labute approximate surface area is 175 Å². The molecule has 29 heavy (non-hydrogen) atoms. The molecule has 3 atom stereocenters. The van der Waals surface area contributed by atoms with Gasteiger partial charge >= 0.3 is 11.9 Å². The number of aliphatic hydroxyl groups is 1. The molecule has 0 aromatic rings. The zero-order chi connectivity index (χ0) is 22.2. The zero-order valence-electron chi connectivity index (χ0n) is 16.8. The summed E-state index contributed by atoms with van der Waals surface area (Å²) in [4.78, 5) is 45.5. The topological polar surface area (TPSA) is 179 Å². The number of carbonyl (C=O) groups is 4. The fourth-order valence-corrected chi connectivity index (χ4v) is 3.34. The lowest BCUT2D eigenvalue weighted by molar-refractivity contribution is -0.139. The lowest BCUT2D eigenvalue weighted by atomic mass is 10.1. The van der Waals surface area contributed by atoms with Gasteiger partial charge in [0.15, 0.2) is 0 Å². The number of carboxylic acid groups (broad SMARTS) is 2. The number of unbranched alkanes of at least 4 members (excludes halogenated alkanes) is 4. The highest BCUT2D eigenvalue weighted by Crippen LogP contribution is 2.17. The van der Waals surface area contributed by atoms with Crippen molar-refractivity contribution in [2.45, 2.75) is 75.8 Å². The Balaban J connectivity index is 4.56. The van der Waals surface area contributed by atoms with Crippen LogP contribution in [0.15, 0.2) is 0 Å². The van der Waals surface area contributed by atoms with E-state index in [2.05, 4.69) is 17.6 Å². The number of nitrogens with one attached hydrogen (secondary N) is 2. The average Bonchev–Trinajstić information content (AvgIpc) is 2.66. The molecule has 0 aromatic carbocycles. The first-order valence-electron chi connectivity index (χ1n) is 9.74. The van der Waals surface area contributed by atoms with Crippen LogP contribution in [-0.4, -0.2) is 68.9 Å². The summed E-state index contributed by atoms with van der Waals surface area (Å²) in [5, 5.41) is 32.1. The monoisotopic (exact) mass is 435 g/mol. The minimum Gasteiger partial charge on any atom is -0.480 e. The summed E-state index contributed by atoms with van der Waals surface area (Å²) in [5.74, 6) is -3.67. The van der Waals surface area contributed by atoms with Crippen molar-refractivity contribution in [3.63, 3.8) is 0 Å². The lowest BCUT2D eigenvalue weighted by Crippen LogP contribution is -2.49. The predicted octanol–water partition coefficient (Wildman–Crippen LogP) is 0.276. The standard InChI is InChI=1S/C18H33N3O7S/c1-2-3-4-5-6-7-16(25)29-11-13(17(26)20-10-15(23)24)21-14(22)9-8-12(19)18(27)28/h12-13,16,25H,2-11,19H2,1H3,(H,20,26)(H,21,22)(H,23,24)(H,27,28). The van der Waals surface area contributed by atoms with Gasteiger partial charge in [-0.05, 0) is 12.8 Å². The third-order valence-electron chi connectivity index (χ3n) is 4.08. The van der Waals surface area contributed by atoms with E-state index in [-0.39, 0.29) is 18.6 Å². The molecule has 0 saturated heterocycles. The predicted molar refractivity (Wildman–Crippen MR) is 109 cm³/mol. The zero-order valence-corrected chi connectivity index (χ0v) is 17.6. The molecular weight excluding hydrogens is 402 g/mol. The van der Waals surface area contributed by atoms with Gasteiger partial charge in [0.1, 0.15) is 18.6 Å². The van der Waals surface area contributed by atoms with Crippen molar-refractivity contribution < 1.29 is 34.5 Å². The van der Waals surface area contributed by atoms with Crippen molar-refractivity contribution in [1.82, 2.24) is 10.6 Å². The normalized spacial score (nSPS) is 13.9. The molecule has 0 saturated carbocycles. The highest BCUT2D eigenvalue weighted by atomic mass is 32.2. The van der Waals surface area contributed by atoms with Gasteiger partial charge in [-0.3, -0.25) is 19.2 Å². The minimum absolute atomic E-state index is 0.0539. The molecule has 10 nitrogen and oxygen atoms in total. The molecule has 0 aliphatic rings. The smallest absolute Gasteiger partial charge is 0.322 e. The number of rotatable bonds is 17. The first kappa shape index (κ1) is 27.1. The molecule has 0 aliphatic carbocycles. The Bertz CT molecular complexity index is 534. The SMILES string of the molecule is CCCCCCCC(O)SCC(NC(=O)CCC(N)C(=O)O)C(=O)NCC(=O)O. The summed E-state index contributed by atoms with van der Waals surface area (Å²) in [6, 6.07) is -2.24. The van der Waals surface area contributed by atoms with Crippen LogP contribution in [0.1, 0.15) is 58.3 Å². The number of amides is 2. The van der Waals surface area contributed by atoms with E-state index in [4.69, 9.17) is 15.9 Å². The van der Waals surface area contributed by atoms with Gasteiger partial charge in [-0.1, -0.05) is 39.0 Å². The van der Waals surface area contributed by atoms with Gasteiger partial charge < -0.3 is 31.7 Å². The van der Waals surface area contributed by atoms with E-state index >= 15 is 0 Å². The van der Waals surface area contributed by atoms with Crippen LogP contribution in [0.25, 0.3) is 0 Å². The Kier molecular flexibility index (Phi) is 15.0. The van der Waals surface area contributed by atoms with Crippen molar-refractivity contribution in [2.75, 3.05) is 12.3 Å². The van der Waals surface area contributed by atoms with E-state index in [1.165, 1.54) is 0 Å². The van der Waals surface area contributed by atoms with E-state index in [9.17, 15) is 24.3 Å². The molecule has 7 N–H and O–H groups in total. The molecular formula is C18H33N3O7S. The number of hydrogen-bond acceptors (Lipinski definition) is 7. The molecule has 0 bridgehead atoms. The molecule has 0 spiro atoms. The van der Waals surface area contributed by atoms with E-state index in [0.717, 1.165) is 43.9 Å².